The largest absolute Gasteiger partial charge is 0.151 e. The van der Waals surface area contributed by atoms with Crippen LogP contribution in [0, 0.1) is 0 Å². The highest BCUT2D eigenvalue weighted by Crippen LogP contribution is 2.25. The monoisotopic (exact) mass is 118 g/mol. The lowest BCUT2D eigenvalue weighted by atomic mass is 18.9. The van der Waals surface area contributed by atoms with Crippen LogP contribution >= 0.6 is 31.9 Å². The Morgan fingerprint density at radius 3 is 2.00 bits per heavy atom. The molecule has 0 spiro atoms. The van der Waals surface area contributed by atoms with Gasteiger partial charge >= 0.3 is 0 Å². The molecule has 0 bridgehead atoms. The highest BCUT2D eigenvalue weighted by molar-refractivity contribution is 8.83. The molecule has 0 N–H and O–H groups in total. The smallest absolute Gasteiger partial charge is 0.132 e. The first-order valence-corrected chi connectivity index (χ1v) is 3.35. The number of rotatable bonds is 1. The molecule has 0 aliphatic rings. The van der Waals surface area contributed by atoms with Gasteiger partial charge in [0.25, 0.3) is 0 Å². The number of hydrogen-bond donors (Lipinski definition) is 0. The van der Waals surface area contributed by atoms with Crippen LogP contribution in [0.25, 0.3) is 0 Å². The van der Waals surface area contributed by atoms with E-state index in [0.717, 1.165) is 0 Å². The standard InChI is InChI=1S/ClFS2/c1-3-4-2. The van der Waals surface area contributed by atoms with E-state index in [1.54, 1.807) is 0 Å². The van der Waals surface area contributed by atoms with Crippen LogP contribution in [0.1, 0.15) is 0 Å². The quantitative estimate of drug-likeness (QED) is 0.485. The molecule has 4 heteroatoms. The second-order valence-electron chi connectivity index (χ2n) is 0.126. The second kappa shape index (κ2) is 3.92. The normalized spacial score (nSPS) is 7.50. The summed E-state index contributed by atoms with van der Waals surface area (Å²) >= 11 is 0.0386. The van der Waals surface area contributed by atoms with E-state index in [1.165, 1.54) is 0 Å². The van der Waals surface area contributed by atoms with Crippen LogP contribution < -0.4 is 0 Å². The molecule has 0 nitrogen and oxygen atoms in total. The fraction of sp³-hybridized carbons (Fsp3) is 0. The van der Waals surface area contributed by atoms with Crippen LogP contribution in [0.4, 0.5) is 3.89 Å². The van der Waals surface area contributed by atoms with E-state index in [9.17, 15) is 3.89 Å². The molecule has 0 aromatic rings. The van der Waals surface area contributed by atoms with Crippen molar-refractivity contribution in [2.75, 3.05) is 0 Å². The minimum absolute atomic E-state index is 0.0386. The zero-order valence-corrected chi connectivity index (χ0v) is 3.96. The zero-order chi connectivity index (χ0) is 3.41. The Hall–Kier alpha value is 0.920. The van der Waals surface area contributed by atoms with Crippen molar-refractivity contribution < 1.29 is 3.89 Å². The van der Waals surface area contributed by atoms with E-state index < -0.39 is 0 Å². The molecule has 0 saturated carbocycles. The molecule has 0 aromatic heterocycles. The lowest BCUT2D eigenvalue weighted by molar-refractivity contribution is 0.954. The van der Waals surface area contributed by atoms with E-state index in [0.29, 0.717) is 10.0 Å². The summed E-state index contributed by atoms with van der Waals surface area (Å²) in [7, 11) is 5.27. The Balaban J connectivity index is 1.97. The molecule has 0 aromatic carbocycles. The molecule has 0 saturated heterocycles. The molecule has 0 aliphatic heterocycles. The molecule has 0 unspecified atom stereocenters. The zero-order valence-electron chi connectivity index (χ0n) is 1.57. The maximum Gasteiger partial charge on any atom is 0.132 e. The van der Waals surface area contributed by atoms with Gasteiger partial charge in [-0.15, -0.1) is 0 Å². The predicted octanol–water partition coefficient (Wildman–Crippen LogP) is 2.41. The van der Waals surface area contributed by atoms with Gasteiger partial charge in [0.05, 0.1) is 0 Å². The van der Waals surface area contributed by atoms with E-state index in [-0.39, 0.29) is 11.2 Å². The lowest BCUT2D eigenvalue weighted by Gasteiger charge is -1.58. The molecule has 4 heavy (non-hydrogen) atoms. The summed E-state index contributed by atoms with van der Waals surface area (Å²) in [5.74, 6) is 0. The summed E-state index contributed by atoms with van der Waals surface area (Å²) in [6.07, 6.45) is 0. The summed E-state index contributed by atoms with van der Waals surface area (Å²) in [5, 5.41) is 0. The molecular weight excluding hydrogens is 119 g/mol. The van der Waals surface area contributed by atoms with Gasteiger partial charge in [-0.05, 0) is 10.7 Å². The molecular formula is ClFS2. The highest BCUT2D eigenvalue weighted by Gasteiger charge is 1.66. The molecule has 0 fully saturated rings. The topological polar surface area (TPSA) is 0 Å². The molecule has 0 amide bonds. The first-order valence-electron chi connectivity index (χ1n) is 0.475. The van der Waals surface area contributed by atoms with Crippen LogP contribution in [0.15, 0.2) is 0 Å². The summed E-state index contributed by atoms with van der Waals surface area (Å²) in [5.41, 5.74) is 0. The Labute approximate surface area is 36.3 Å². The fourth-order valence-corrected chi connectivity index (χ4v) is 0. The third-order valence-corrected chi connectivity index (χ3v) is 0.643. The number of halogens is 2. The molecule has 0 radical (unpaired) electrons. The minimum Gasteiger partial charge on any atom is -0.151 e. The van der Waals surface area contributed by atoms with Crippen molar-refractivity contribution in [3.63, 3.8) is 0 Å². The molecule has 0 atom stereocenters. The highest BCUT2D eigenvalue weighted by atomic mass is 35.7. The van der Waals surface area contributed by atoms with Gasteiger partial charge in [0, 0.05) is 10.0 Å². The Morgan fingerprint density at radius 2 is 2.00 bits per heavy atom. The minimum atomic E-state index is 0.0386. The maximum absolute atomic E-state index is 10.5. The van der Waals surface area contributed by atoms with E-state index in [4.69, 9.17) is 10.7 Å². The third-order valence-electron chi connectivity index (χ3n) is 0.0238. The molecule has 0 aliphatic carbocycles. The molecule has 0 heterocycles. The van der Waals surface area contributed by atoms with Crippen molar-refractivity contribution in [3.05, 3.63) is 0 Å². The fourth-order valence-electron chi connectivity index (χ4n) is 0. The van der Waals surface area contributed by atoms with Crippen LogP contribution in [0.2, 0.25) is 0 Å². The van der Waals surface area contributed by atoms with Gasteiger partial charge in [0.2, 0.25) is 0 Å². The van der Waals surface area contributed by atoms with Gasteiger partial charge < -0.3 is 0 Å². The van der Waals surface area contributed by atoms with Gasteiger partial charge in [-0.3, -0.25) is 0 Å². The maximum atomic E-state index is 10.5. The van der Waals surface area contributed by atoms with Crippen LogP contribution in [-0.4, -0.2) is 0 Å². The van der Waals surface area contributed by atoms with Crippen molar-refractivity contribution in [1.29, 1.82) is 0 Å². The number of hydrogen-bond acceptors (Lipinski definition) is 2. The van der Waals surface area contributed by atoms with Gasteiger partial charge in [0.1, 0.15) is 11.2 Å². The van der Waals surface area contributed by atoms with Crippen LogP contribution in [-0.2, 0) is 0 Å². The Kier molecular flexibility index (Phi) is 4.82. The molecule has 0 rings (SSSR count). The SMILES string of the molecule is FSSCl. The summed E-state index contributed by atoms with van der Waals surface area (Å²) in [4.78, 5) is 0. The third kappa shape index (κ3) is 2.92. The Bertz CT molecular complexity index is 8.00. The van der Waals surface area contributed by atoms with E-state index in [1.807, 2.05) is 0 Å². The van der Waals surface area contributed by atoms with Gasteiger partial charge in [-0.2, -0.15) is 3.89 Å². The first kappa shape index (κ1) is 4.92. The molecule has 26 valence electrons. The van der Waals surface area contributed by atoms with Crippen molar-refractivity contribution in [3.8, 4) is 0 Å². The first-order chi connectivity index (χ1) is 1.91. The van der Waals surface area contributed by atoms with Gasteiger partial charge in [-0.1, -0.05) is 0 Å². The van der Waals surface area contributed by atoms with Crippen molar-refractivity contribution >= 4 is 31.9 Å². The second-order valence-corrected chi connectivity index (χ2v) is 2.27. The van der Waals surface area contributed by atoms with Gasteiger partial charge in [0.15, 0.2) is 0 Å². The average Bonchev–Trinajstić information content (AvgIpc) is 1.37. The summed E-state index contributed by atoms with van der Waals surface area (Å²) < 4.78 is 10.5. The van der Waals surface area contributed by atoms with Crippen molar-refractivity contribution in [2.24, 2.45) is 0 Å². The van der Waals surface area contributed by atoms with Crippen molar-refractivity contribution in [2.45, 2.75) is 0 Å². The van der Waals surface area contributed by atoms with Gasteiger partial charge in [-0.25, -0.2) is 0 Å². The van der Waals surface area contributed by atoms with Crippen LogP contribution in [0.3, 0.4) is 0 Å². The lowest BCUT2D eigenvalue weighted by Crippen LogP contribution is -1.00. The summed E-state index contributed by atoms with van der Waals surface area (Å²) in [6.45, 7) is 0. The van der Waals surface area contributed by atoms with Crippen LogP contribution in [0.5, 0.6) is 0 Å². The Morgan fingerprint density at radius 1 is 1.75 bits per heavy atom. The average molecular weight is 119 g/mol. The van der Waals surface area contributed by atoms with E-state index in [2.05, 4.69) is 0 Å². The predicted molar refractivity (Wildman–Crippen MR) is 22.1 cm³/mol. The summed E-state index contributed by atoms with van der Waals surface area (Å²) in [6, 6.07) is 0. The van der Waals surface area contributed by atoms with E-state index >= 15 is 0 Å². The van der Waals surface area contributed by atoms with Crippen molar-refractivity contribution in [1.82, 2.24) is 0 Å².